The molecule has 0 aliphatic rings. The van der Waals surface area contributed by atoms with Crippen molar-refractivity contribution >= 4 is 17.1 Å². The van der Waals surface area contributed by atoms with Crippen molar-refractivity contribution in [2.75, 3.05) is 5.32 Å². The van der Waals surface area contributed by atoms with Crippen LogP contribution >= 0.6 is 0 Å². The first-order valence-electron chi connectivity index (χ1n) is 11.1. The van der Waals surface area contributed by atoms with Gasteiger partial charge in [-0.15, -0.1) is 0 Å². The minimum absolute atomic E-state index is 0.0780. The van der Waals surface area contributed by atoms with E-state index in [1.54, 1.807) is 29.2 Å². The van der Waals surface area contributed by atoms with Gasteiger partial charge in [-0.1, -0.05) is 18.2 Å². The quantitative estimate of drug-likeness (QED) is 0.324. The fraction of sp³-hybridized carbons (Fsp3) is 0.115. The number of carbonyl (C=O) groups excluding carboxylic acids is 1. The molecular formula is C26H18F4N6O. The highest BCUT2D eigenvalue weighted by Gasteiger charge is 2.32. The Kier molecular flexibility index (Phi) is 6.34. The van der Waals surface area contributed by atoms with Crippen LogP contribution in [0, 0.1) is 5.82 Å². The summed E-state index contributed by atoms with van der Waals surface area (Å²) in [6.07, 6.45) is 3.24. The van der Waals surface area contributed by atoms with Crippen molar-refractivity contribution in [1.29, 1.82) is 0 Å². The number of hydrogen-bond donors (Lipinski definition) is 1. The lowest BCUT2D eigenvalue weighted by Crippen LogP contribution is -2.16. The van der Waals surface area contributed by atoms with E-state index in [9.17, 15) is 22.4 Å². The van der Waals surface area contributed by atoms with Crippen LogP contribution in [0.3, 0.4) is 0 Å². The van der Waals surface area contributed by atoms with Crippen LogP contribution in [0.4, 0.5) is 23.2 Å². The number of nitrogens with zero attached hydrogens (tertiary/aromatic N) is 5. The highest BCUT2D eigenvalue weighted by Crippen LogP contribution is 2.29. The number of alkyl halides is 3. The second-order valence-corrected chi connectivity index (χ2v) is 8.22. The maximum absolute atomic E-state index is 14.7. The summed E-state index contributed by atoms with van der Waals surface area (Å²) in [5.41, 5.74) is 1.93. The van der Waals surface area contributed by atoms with Crippen LogP contribution in [0.15, 0.2) is 79.5 Å². The van der Waals surface area contributed by atoms with Crippen molar-refractivity contribution in [3.8, 4) is 11.1 Å². The normalized spacial score (nSPS) is 11.6. The number of amides is 1. The van der Waals surface area contributed by atoms with Gasteiger partial charge in [0, 0.05) is 48.0 Å². The molecule has 0 aliphatic carbocycles. The third kappa shape index (κ3) is 5.45. The summed E-state index contributed by atoms with van der Waals surface area (Å²) < 4.78 is 54.9. The Hall–Kier alpha value is -4.67. The number of rotatable bonds is 6. The topological polar surface area (TPSA) is 85.1 Å². The predicted molar refractivity (Wildman–Crippen MR) is 127 cm³/mol. The number of aromatic nitrogens is 5. The number of nitrogens with one attached hydrogen (secondary N) is 1. The number of benzene rings is 1. The zero-order valence-corrected chi connectivity index (χ0v) is 19.1. The van der Waals surface area contributed by atoms with E-state index >= 15 is 0 Å². The molecule has 0 saturated heterocycles. The summed E-state index contributed by atoms with van der Waals surface area (Å²) in [4.78, 5) is 24.3. The van der Waals surface area contributed by atoms with Crippen molar-refractivity contribution in [1.82, 2.24) is 24.6 Å². The monoisotopic (exact) mass is 506 g/mol. The van der Waals surface area contributed by atoms with Gasteiger partial charge in [-0.2, -0.15) is 18.3 Å². The lowest BCUT2D eigenvalue weighted by molar-refractivity contribution is -0.141. The fourth-order valence-electron chi connectivity index (χ4n) is 3.80. The molecule has 0 bridgehead atoms. The number of anilines is 1. The van der Waals surface area contributed by atoms with Crippen LogP contribution in [-0.4, -0.2) is 30.5 Å². The van der Waals surface area contributed by atoms with E-state index in [2.05, 4.69) is 25.4 Å². The van der Waals surface area contributed by atoms with E-state index < -0.39 is 23.6 Å². The Morgan fingerprint density at radius 1 is 0.919 bits per heavy atom. The summed E-state index contributed by atoms with van der Waals surface area (Å²) in [5, 5.41) is 6.64. The van der Waals surface area contributed by atoms with Crippen molar-refractivity contribution in [2.24, 2.45) is 0 Å². The summed E-state index contributed by atoms with van der Waals surface area (Å²) >= 11 is 0. The SMILES string of the molecule is O=C(Cc1ccc(-c2cnc(Cc3cnn4ccccc34)nc2)cc1F)Nc1ccnc(C(F)(F)F)c1. The summed E-state index contributed by atoms with van der Waals surface area (Å²) in [6.45, 7) is 0. The van der Waals surface area contributed by atoms with Crippen LogP contribution in [0.5, 0.6) is 0 Å². The minimum Gasteiger partial charge on any atom is -0.326 e. The molecule has 7 nitrogen and oxygen atoms in total. The van der Waals surface area contributed by atoms with Gasteiger partial charge in [0.25, 0.3) is 0 Å². The van der Waals surface area contributed by atoms with Crippen molar-refractivity contribution in [2.45, 2.75) is 19.0 Å². The van der Waals surface area contributed by atoms with Gasteiger partial charge in [0.1, 0.15) is 17.3 Å². The number of fused-ring (bicyclic) bond motifs is 1. The average molecular weight is 506 g/mol. The Bertz CT molecular complexity index is 1580. The first-order valence-corrected chi connectivity index (χ1v) is 11.1. The molecule has 1 amide bonds. The van der Waals surface area contributed by atoms with Crippen LogP contribution < -0.4 is 5.32 Å². The molecule has 0 fully saturated rings. The molecule has 37 heavy (non-hydrogen) atoms. The lowest BCUT2D eigenvalue weighted by atomic mass is 10.0. The number of hydrogen-bond acceptors (Lipinski definition) is 5. The van der Waals surface area contributed by atoms with Gasteiger partial charge in [-0.05, 0) is 41.5 Å². The molecule has 0 saturated carbocycles. The van der Waals surface area contributed by atoms with Gasteiger partial charge < -0.3 is 5.32 Å². The highest BCUT2D eigenvalue weighted by atomic mass is 19.4. The van der Waals surface area contributed by atoms with Crippen molar-refractivity contribution < 1.29 is 22.4 Å². The van der Waals surface area contributed by atoms with Gasteiger partial charge in [-0.3, -0.25) is 9.78 Å². The van der Waals surface area contributed by atoms with E-state index in [4.69, 9.17) is 0 Å². The van der Waals surface area contributed by atoms with E-state index in [1.807, 2.05) is 24.4 Å². The Morgan fingerprint density at radius 2 is 1.73 bits per heavy atom. The smallest absolute Gasteiger partial charge is 0.326 e. The Labute approximate surface area is 207 Å². The van der Waals surface area contributed by atoms with E-state index in [0.29, 0.717) is 23.4 Å². The molecule has 0 unspecified atom stereocenters. The van der Waals surface area contributed by atoms with E-state index in [0.717, 1.165) is 23.3 Å². The molecule has 1 aromatic carbocycles. The maximum Gasteiger partial charge on any atom is 0.433 e. The Balaban J connectivity index is 1.25. The highest BCUT2D eigenvalue weighted by molar-refractivity contribution is 5.92. The first-order chi connectivity index (χ1) is 17.8. The molecule has 1 N–H and O–H groups in total. The first kappa shape index (κ1) is 24.0. The summed E-state index contributed by atoms with van der Waals surface area (Å²) in [6, 6.07) is 12.1. The van der Waals surface area contributed by atoms with Gasteiger partial charge >= 0.3 is 6.18 Å². The standard InChI is InChI=1S/C26H18F4N6O/c27-21-9-16(4-5-17(21)11-25(37)35-20-6-7-31-23(12-20)26(28,29)30)19-13-32-24(33-14-19)10-18-15-34-36-8-2-1-3-22(18)36/h1-9,12-15H,10-11H2,(H,31,35,37). The average Bonchev–Trinajstić information content (AvgIpc) is 3.28. The van der Waals surface area contributed by atoms with Gasteiger partial charge in [0.2, 0.25) is 5.91 Å². The molecule has 5 aromatic rings. The van der Waals surface area contributed by atoms with E-state index in [1.165, 1.54) is 18.2 Å². The van der Waals surface area contributed by atoms with Crippen molar-refractivity contribution in [3.05, 3.63) is 108 Å². The second kappa shape index (κ2) is 9.76. The van der Waals surface area contributed by atoms with Gasteiger partial charge in [0.15, 0.2) is 0 Å². The molecule has 0 spiro atoms. The maximum atomic E-state index is 14.7. The molecule has 0 atom stereocenters. The molecule has 0 radical (unpaired) electrons. The largest absolute Gasteiger partial charge is 0.433 e. The zero-order valence-electron chi connectivity index (χ0n) is 19.1. The third-order valence-corrected chi connectivity index (χ3v) is 5.63. The second-order valence-electron chi connectivity index (χ2n) is 8.22. The van der Waals surface area contributed by atoms with Crippen molar-refractivity contribution in [3.63, 3.8) is 0 Å². The lowest BCUT2D eigenvalue weighted by Gasteiger charge is -2.10. The molecule has 0 aliphatic heterocycles. The molecule has 4 heterocycles. The number of halogens is 4. The molecule has 4 aromatic heterocycles. The molecular weight excluding hydrogens is 488 g/mol. The minimum atomic E-state index is -4.64. The predicted octanol–water partition coefficient (Wildman–Crippen LogP) is 5.12. The third-order valence-electron chi connectivity index (χ3n) is 5.63. The number of carbonyl (C=O) groups is 1. The van der Waals surface area contributed by atoms with Gasteiger partial charge in [0.05, 0.1) is 18.1 Å². The summed E-state index contributed by atoms with van der Waals surface area (Å²) in [5.74, 6) is -0.707. The number of pyridine rings is 2. The zero-order chi connectivity index (χ0) is 26.0. The fourth-order valence-corrected chi connectivity index (χ4v) is 3.80. The van der Waals surface area contributed by atoms with Gasteiger partial charge in [-0.25, -0.2) is 18.9 Å². The summed E-state index contributed by atoms with van der Waals surface area (Å²) in [7, 11) is 0. The molecule has 186 valence electrons. The van der Waals surface area contributed by atoms with E-state index in [-0.39, 0.29) is 17.7 Å². The molecule has 11 heteroatoms. The van der Waals surface area contributed by atoms with Crippen LogP contribution in [0.1, 0.15) is 22.6 Å². The van der Waals surface area contributed by atoms with Crippen LogP contribution in [-0.2, 0) is 23.8 Å². The van der Waals surface area contributed by atoms with Crippen LogP contribution in [0.25, 0.3) is 16.6 Å². The van der Waals surface area contributed by atoms with Crippen LogP contribution in [0.2, 0.25) is 0 Å². The molecule has 5 rings (SSSR count). The Morgan fingerprint density at radius 3 is 2.49 bits per heavy atom.